The number of carbonyl (C=O) groups is 1. The van der Waals surface area contributed by atoms with E-state index in [0.717, 1.165) is 27.7 Å². The SMILES string of the molecule is COCCCOC(=O)N1CCc2c([nH]c3ccc(Br)cc23)C1c1ccc(Cl)cc1. The fraction of sp³-hybridized carbons (Fsp3) is 0.318. The van der Waals surface area contributed by atoms with Gasteiger partial charge in [0.25, 0.3) is 0 Å². The number of rotatable bonds is 5. The summed E-state index contributed by atoms with van der Waals surface area (Å²) in [6.45, 7) is 1.49. The number of ether oxygens (including phenoxy) is 2. The Bertz CT molecular complexity index is 1020. The topological polar surface area (TPSA) is 54.6 Å². The Balaban J connectivity index is 1.72. The first-order valence-electron chi connectivity index (χ1n) is 9.56. The van der Waals surface area contributed by atoms with Crippen molar-refractivity contribution < 1.29 is 14.3 Å². The number of amides is 1. The predicted octanol–water partition coefficient (Wildman–Crippen LogP) is 5.70. The maximum Gasteiger partial charge on any atom is 0.410 e. The van der Waals surface area contributed by atoms with Gasteiger partial charge in [0, 0.05) is 52.8 Å². The van der Waals surface area contributed by atoms with E-state index in [0.29, 0.717) is 31.2 Å². The molecule has 1 aliphatic rings. The molecule has 0 aliphatic carbocycles. The number of fused-ring (bicyclic) bond motifs is 3. The highest BCUT2D eigenvalue weighted by Crippen LogP contribution is 2.39. The molecule has 0 radical (unpaired) electrons. The molecule has 2 heterocycles. The highest BCUT2D eigenvalue weighted by molar-refractivity contribution is 9.10. The van der Waals surface area contributed by atoms with Crippen LogP contribution in [-0.2, 0) is 15.9 Å². The van der Waals surface area contributed by atoms with Crippen molar-refractivity contribution in [3.05, 3.63) is 68.8 Å². The van der Waals surface area contributed by atoms with Crippen LogP contribution in [0.1, 0.15) is 29.3 Å². The van der Waals surface area contributed by atoms with Crippen molar-refractivity contribution in [2.24, 2.45) is 0 Å². The predicted molar refractivity (Wildman–Crippen MR) is 118 cm³/mol. The van der Waals surface area contributed by atoms with E-state index in [1.807, 2.05) is 30.3 Å². The maximum atomic E-state index is 12.9. The molecule has 0 bridgehead atoms. The summed E-state index contributed by atoms with van der Waals surface area (Å²) in [5, 5.41) is 1.85. The van der Waals surface area contributed by atoms with Gasteiger partial charge in [-0.1, -0.05) is 39.7 Å². The van der Waals surface area contributed by atoms with Crippen molar-refractivity contribution in [3.63, 3.8) is 0 Å². The lowest BCUT2D eigenvalue weighted by molar-refractivity contribution is 0.0794. The Morgan fingerprint density at radius 1 is 1.24 bits per heavy atom. The van der Waals surface area contributed by atoms with Crippen LogP contribution in [0.2, 0.25) is 5.02 Å². The van der Waals surface area contributed by atoms with E-state index in [1.165, 1.54) is 10.9 Å². The van der Waals surface area contributed by atoms with Crippen LogP contribution in [0, 0.1) is 0 Å². The summed E-state index contributed by atoms with van der Waals surface area (Å²) >= 11 is 9.67. The molecule has 4 rings (SSSR count). The molecule has 0 saturated heterocycles. The zero-order chi connectivity index (χ0) is 20.4. The van der Waals surface area contributed by atoms with Crippen LogP contribution in [0.15, 0.2) is 46.9 Å². The standard InChI is InChI=1S/C22H22BrClN2O3/c1-28-11-2-12-29-22(27)26-10-9-17-18-13-15(23)5-8-19(18)25-20(17)21(26)14-3-6-16(24)7-4-14/h3-8,13,21,25H,2,9-12H2,1H3. The number of nitrogens with one attached hydrogen (secondary N) is 1. The number of aromatic amines is 1. The molecule has 1 unspecified atom stereocenters. The summed E-state index contributed by atoms with van der Waals surface area (Å²) in [7, 11) is 1.64. The third kappa shape index (κ3) is 4.15. The average Bonchev–Trinajstić information content (AvgIpc) is 3.09. The summed E-state index contributed by atoms with van der Waals surface area (Å²) in [6.07, 6.45) is 1.13. The summed E-state index contributed by atoms with van der Waals surface area (Å²) in [5.74, 6) is 0. The number of methoxy groups -OCH3 is 1. The number of benzene rings is 2. The zero-order valence-corrected chi connectivity index (χ0v) is 18.4. The number of aromatic nitrogens is 1. The fourth-order valence-electron chi connectivity index (χ4n) is 3.89. The quantitative estimate of drug-likeness (QED) is 0.479. The monoisotopic (exact) mass is 476 g/mol. The zero-order valence-electron chi connectivity index (χ0n) is 16.1. The molecule has 1 amide bonds. The second kappa shape index (κ2) is 8.78. The Morgan fingerprint density at radius 2 is 2.03 bits per heavy atom. The number of hydrogen-bond acceptors (Lipinski definition) is 3. The number of halogens is 2. The number of nitrogens with zero attached hydrogens (tertiary/aromatic N) is 1. The maximum absolute atomic E-state index is 12.9. The highest BCUT2D eigenvalue weighted by Gasteiger charge is 2.35. The Hall–Kier alpha value is -2.02. The molecule has 0 saturated carbocycles. The molecular formula is C22H22BrClN2O3. The van der Waals surface area contributed by atoms with Gasteiger partial charge in [-0.05, 0) is 47.9 Å². The van der Waals surface area contributed by atoms with Crippen molar-refractivity contribution in [1.82, 2.24) is 9.88 Å². The number of H-pyrrole nitrogens is 1. The molecular weight excluding hydrogens is 456 g/mol. The van der Waals surface area contributed by atoms with Gasteiger partial charge in [-0.3, -0.25) is 4.90 Å². The van der Waals surface area contributed by atoms with Crippen LogP contribution in [0.3, 0.4) is 0 Å². The van der Waals surface area contributed by atoms with Gasteiger partial charge in [-0.2, -0.15) is 0 Å². The van der Waals surface area contributed by atoms with Gasteiger partial charge in [0.1, 0.15) is 6.04 Å². The molecule has 152 valence electrons. The average molecular weight is 478 g/mol. The second-order valence-electron chi connectivity index (χ2n) is 7.07. The van der Waals surface area contributed by atoms with Crippen molar-refractivity contribution >= 4 is 44.5 Å². The minimum atomic E-state index is -0.313. The van der Waals surface area contributed by atoms with Crippen molar-refractivity contribution in [3.8, 4) is 0 Å². The summed E-state index contributed by atoms with van der Waals surface area (Å²) in [6, 6.07) is 13.6. The van der Waals surface area contributed by atoms with Gasteiger partial charge >= 0.3 is 6.09 Å². The second-order valence-corrected chi connectivity index (χ2v) is 8.42. The van der Waals surface area contributed by atoms with Crippen molar-refractivity contribution in [1.29, 1.82) is 0 Å². The van der Waals surface area contributed by atoms with Gasteiger partial charge in [0.2, 0.25) is 0 Å². The Labute approximate surface area is 183 Å². The smallest absolute Gasteiger partial charge is 0.410 e. The lowest BCUT2D eigenvalue weighted by Crippen LogP contribution is -2.41. The first kappa shape index (κ1) is 20.3. The van der Waals surface area contributed by atoms with Gasteiger partial charge in [0.05, 0.1) is 6.61 Å². The van der Waals surface area contributed by atoms with Crippen LogP contribution in [0.4, 0.5) is 4.79 Å². The molecule has 5 nitrogen and oxygen atoms in total. The summed E-state index contributed by atoms with van der Waals surface area (Å²) in [5.41, 5.74) is 4.33. The van der Waals surface area contributed by atoms with Crippen molar-refractivity contribution in [2.75, 3.05) is 26.9 Å². The van der Waals surface area contributed by atoms with Crippen LogP contribution in [-0.4, -0.2) is 42.8 Å². The molecule has 0 fully saturated rings. The molecule has 2 aromatic carbocycles. The van der Waals surface area contributed by atoms with Crippen molar-refractivity contribution in [2.45, 2.75) is 18.9 Å². The Kier molecular flexibility index (Phi) is 6.13. The lowest BCUT2D eigenvalue weighted by Gasteiger charge is -2.35. The van der Waals surface area contributed by atoms with Gasteiger partial charge < -0.3 is 14.5 Å². The van der Waals surface area contributed by atoms with Crippen LogP contribution < -0.4 is 0 Å². The molecule has 7 heteroatoms. The van der Waals surface area contributed by atoms with E-state index < -0.39 is 0 Å². The van der Waals surface area contributed by atoms with E-state index in [1.54, 1.807) is 12.0 Å². The molecule has 1 aliphatic heterocycles. The highest BCUT2D eigenvalue weighted by atomic mass is 79.9. The summed E-state index contributed by atoms with van der Waals surface area (Å²) in [4.78, 5) is 18.2. The minimum Gasteiger partial charge on any atom is -0.449 e. The normalized spacial score (nSPS) is 16.1. The molecule has 29 heavy (non-hydrogen) atoms. The molecule has 1 aromatic heterocycles. The lowest BCUT2D eigenvalue weighted by atomic mass is 9.93. The van der Waals surface area contributed by atoms with E-state index in [9.17, 15) is 4.79 Å². The third-order valence-electron chi connectivity index (χ3n) is 5.23. The minimum absolute atomic E-state index is 0.253. The number of hydrogen-bond donors (Lipinski definition) is 1. The van der Waals surface area contributed by atoms with Crippen LogP contribution >= 0.6 is 27.5 Å². The number of carbonyl (C=O) groups excluding carboxylic acids is 1. The molecule has 1 atom stereocenters. The van der Waals surface area contributed by atoms with Gasteiger partial charge in [-0.15, -0.1) is 0 Å². The molecule has 0 spiro atoms. The largest absolute Gasteiger partial charge is 0.449 e. The van der Waals surface area contributed by atoms with E-state index in [2.05, 4.69) is 33.0 Å². The van der Waals surface area contributed by atoms with Crippen LogP contribution in [0.25, 0.3) is 10.9 Å². The fourth-order valence-corrected chi connectivity index (χ4v) is 4.38. The van der Waals surface area contributed by atoms with E-state index in [4.69, 9.17) is 21.1 Å². The third-order valence-corrected chi connectivity index (χ3v) is 5.97. The molecule has 3 aromatic rings. The Morgan fingerprint density at radius 3 is 2.79 bits per heavy atom. The summed E-state index contributed by atoms with van der Waals surface area (Å²) < 4.78 is 11.6. The molecule has 1 N–H and O–H groups in total. The van der Waals surface area contributed by atoms with Crippen LogP contribution in [0.5, 0.6) is 0 Å². The van der Waals surface area contributed by atoms with Gasteiger partial charge in [-0.25, -0.2) is 4.79 Å². The van der Waals surface area contributed by atoms with Gasteiger partial charge in [0.15, 0.2) is 0 Å². The first-order chi connectivity index (χ1) is 14.1. The first-order valence-corrected chi connectivity index (χ1v) is 10.7. The van der Waals surface area contributed by atoms with E-state index in [-0.39, 0.29) is 12.1 Å². The van der Waals surface area contributed by atoms with E-state index >= 15 is 0 Å².